The van der Waals surface area contributed by atoms with Crippen molar-refractivity contribution < 1.29 is 19.4 Å². The van der Waals surface area contributed by atoms with Gasteiger partial charge in [0.1, 0.15) is 11.5 Å². The fourth-order valence-electron chi connectivity index (χ4n) is 1.71. The number of rotatable bonds is 6. The lowest BCUT2D eigenvalue weighted by Gasteiger charge is -2.07. The maximum absolute atomic E-state index is 11.0. The molecule has 26 heavy (non-hydrogen) atoms. The van der Waals surface area contributed by atoms with E-state index in [4.69, 9.17) is 61.0 Å². The molecule has 0 amide bonds. The molecule has 0 atom stereocenters. The summed E-state index contributed by atoms with van der Waals surface area (Å²) in [5, 5.41) is 10.7. The third-order valence-electron chi connectivity index (χ3n) is 2.89. The van der Waals surface area contributed by atoms with E-state index < -0.39 is 0 Å². The van der Waals surface area contributed by atoms with Crippen LogP contribution in [0.1, 0.15) is 19.8 Å². The zero-order valence-electron chi connectivity index (χ0n) is 14.0. The SMILES string of the molecule is CCOC(=O)CCCOc1ccc(Cl)cc1Cl.Oc1ccc(Cl)cc1Cl. The molecule has 1 N–H and O–H groups in total. The van der Waals surface area contributed by atoms with Gasteiger partial charge in [-0.25, -0.2) is 0 Å². The second-order valence-corrected chi connectivity index (χ2v) is 6.61. The zero-order valence-corrected chi connectivity index (χ0v) is 17.0. The summed E-state index contributed by atoms with van der Waals surface area (Å²) in [5.41, 5.74) is 0. The molecule has 0 aromatic heterocycles. The van der Waals surface area contributed by atoms with Crippen molar-refractivity contribution in [1.82, 2.24) is 0 Å². The molecular formula is C18H18Cl4O4. The standard InChI is InChI=1S/C12H14Cl2O3.C6H4Cl2O/c1-2-16-12(15)4-3-7-17-11-6-5-9(13)8-10(11)14;7-4-1-2-6(9)5(8)3-4/h5-6,8H,2-4,7H2,1H3;1-3,9H. The number of esters is 1. The molecule has 0 aliphatic rings. The molecule has 0 spiro atoms. The van der Waals surface area contributed by atoms with Crippen LogP contribution in [0.15, 0.2) is 36.4 Å². The van der Waals surface area contributed by atoms with E-state index in [-0.39, 0.29) is 16.7 Å². The van der Waals surface area contributed by atoms with Crippen LogP contribution in [-0.2, 0) is 9.53 Å². The molecule has 0 fully saturated rings. The fourth-order valence-corrected chi connectivity index (χ4v) is 2.58. The highest BCUT2D eigenvalue weighted by Gasteiger charge is 2.04. The first-order valence-corrected chi connectivity index (χ1v) is 9.22. The van der Waals surface area contributed by atoms with Crippen LogP contribution in [0.5, 0.6) is 11.5 Å². The summed E-state index contributed by atoms with van der Waals surface area (Å²) in [4.78, 5) is 11.0. The number of ether oxygens (including phenoxy) is 2. The molecule has 0 saturated carbocycles. The first-order valence-electron chi connectivity index (χ1n) is 7.71. The molecule has 0 bridgehead atoms. The lowest BCUT2D eigenvalue weighted by atomic mass is 10.3. The molecule has 4 nitrogen and oxygen atoms in total. The van der Waals surface area contributed by atoms with Crippen molar-refractivity contribution in [2.45, 2.75) is 19.8 Å². The predicted octanol–water partition coefficient (Wildman–Crippen LogP) is 6.41. The van der Waals surface area contributed by atoms with Gasteiger partial charge in [-0.3, -0.25) is 4.79 Å². The van der Waals surface area contributed by atoms with Crippen LogP contribution in [-0.4, -0.2) is 24.3 Å². The first-order chi connectivity index (χ1) is 12.3. The number of hydrogen-bond acceptors (Lipinski definition) is 4. The Bertz CT molecular complexity index is 722. The Hall–Kier alpha value is -1.33. The maximum Gasteiger partial charge on any atom is 0.305 e. The van der Waals surface area contributed by atoms with Crippen LogP contribution in [0.2, 0.25) is 20.1 Å². The van der Waals surface area contributed by atoms with Gasteiger partial charge in [0.15, 0.2) is 0 Å². The third kappa shape index (κ3) is 8.86. The molecule has 0 radical (unpaired) electrons. The number of phenolic OH excluding ortho intramolecular Hbond substituents is 1. The Balaban J connectivity index is 0.000000314. The van der Waals surface area contributed by atoms with Gasteiger partial charge in [0, 0.05) is 16.5 Å². The number of phenols is 1. The topological polar surface area (TPSA) is 55.8 Å². The number of benzene rings is 2. The summed E-state index contributed by atoms with van der Waals surface area (Å²) >= 11 is 22.7. The lowest BCUT2D eigenvalue weighted by molar-refractivity contribution is -0.143. The van der Waals surface area contributed by atoms with Gasteiger partial charge < -0.3 is 14.6 Å². The summed E-state index contributed by atoms with van der Waals surface area (Å²) in [6.07, 6.45) is 0.941. The Morgan fingerprint density at radius 3 is 2.15 bits per heavy atom. The van der Waals surface area contributed by atoms with Crippen molar-refractivity contribution in [2.24, 2.45) is 0 Å². The van der Waals surface area contributed by atoms with Gasteiger partial charge in [-0.15, -0.1) is 0 Å². The average molecular weight is 440 g/mol. The van der Waals surface area contributed by atoms with Gasteiger partial charge in [-0.1, -0.05) is 46.4 Å². The van der Waals surface area contributed by atoms with Crippen LogP contribution in [0.3, 0.4) is 0 Å². The minimum atomic E-state index is -0.210. The molecule has 0 saturated heterocycles. The van der Waals surface area contributed by atoms with E-state index >= 15 is 0 Å². The van der Waals surface area contributed by atoms with Crippen LogP contribution >= 0.6 is 46.4 Å². The molecule has 8 heteroatoms. The Morgan fingerprint density at radius 2 is 1.62 bits per heavy atom. The molecule has 0 aliphatic carbocycles. The Labute approximate surface area is 172 Å². The molecule has 142 valence electrons. The van der Waals surface area contributed by atoms with E-state index in [0.29, 0.717) is 46.9 Å². The Kier molecular flexibility index (Phi) is 10.6. The number of carbonyl (C=O) groups excluding carboxylic acids is 1. The van der Waals surface area contributed by atoms with Crippen molar-refractivity contribution in [3.05, 3.63) is 56.5 Å². The van der Waals surface area contributed by atoms with Crippen LogP contribution in [0, 0.1) is 0 Å². The monoisotopic (exact) mass is 438 g/mol. The van der Waals surface area contributed by atoms with E-state index in [0.717, 1.165) is 0 Å². The van der Waals surface area contributed by atoms with Crippen LogP contribution in [0.4, 0.5) is 0 Å². The quantitative estimate of drug-likeness (QED) is 0.417. The van der Waals surface area contributed by atoms with Crippen molar-refractivity contribution in [1.29, 1.82) is 0 Å². The molecular weight excluding hydrogens is 422 g/mol. The summed E-state index contributed by atoms with van der Waals surface area (Å²) in [7, 11) is 0. The summed E-state index contributed by atoms with van der Waals surface area (Å²) < 4.78 is 10.2. The highest BCUT2D eigenvalue weighted by Crippen LogP contribution is 2.27. The fraction of sp³-hybridized carbons (Fsp3) is 0.278. The van der Waals surface area contributed by atoms with E-state index in [1.165, 1.54) is 12.1 Å². The highest BCUT2D eigenvalue weighted by molar-refractivity contribution is 6.36. The van der Waals surface area contributed by atoms with Gasteiger partial charge in [-0.05, 0) is 49.7 Å². The Morgan fingerprint density at radius 1 is 1.00 bits per heavy atom. The summed E-state index contributed by atoms with van der Waals surface area (Å²) in [6, 6.07) is 9.53. The van der Waals surface area contributed by atoms with Gasteiger partial charge in [0.2, 0.25) is 0 Å². The second-order valence-electron chi connectivity index (χ2n) is 4.93. The van der Waals surface area contributed by atoms with Gasteiger partial charge in [0.05, 0.1) is 23.3 Å². The van der Waals surface area contributed by atoms with Crippen LogP contribution < -0.4 is 4.74 Å². The second kappa shape index (κ2) is 12.1. The molecule has 0 unspecified atom stereocenters. The minimum Gasteiger partial charge on any atom is -0.506 e. The average Bonchev–Trinajstić information content (AvgIpc) is 2.58. The zero-order chi connectivity index (χ0) is 19.5. The maximum atomic E-state index is 11.0. The van der Waals surface area contributed by atoms with E-state index in [1.54, 1.807) is 31.2 Å². The van der Waals surface area contributed by atoms with Gasteiger partial charge >= 0.3 is 5.97 Å². The molecule has 2 aromatic carbocycles. The van der Waals surface area contributed by atoms with E-state index in [1.807, 2.05) is 0 Å². The third-order valence-corrected chi connectivity index (χ3v) is 3.96. The highest BCUT2D eigenvalue weighted by atomic mass is 35.5. The molecule has 2 rings (SSSR count). The molecule has 0 aliphatic heterocycles. The molecule has 2 aromatic rings. The van der Waals surface area contributed by atoms with Crippen LogP contribution in [0.25, 0.3) is 0 Å². The number of halogens is 4. The van der Waals surface area contributed by atoms with Gasteiger partial charge in [-0.2, -0.15) is 0 Å². The summed E-state index contributed by atoms with van der Waals surface area (Å²) in [5.74, 6) is 0.416. The summed E-state index contributed by atoms with van der Waals surface area (Å²) in [6.45, 7) is 2.60. The van der Waals surface area contributed by atoms with Crippen molar-refractivity contribution >= 4 is 52.4 Å². The van der Waals surface area contributed by atoms with Crippen molar-refractivity contribution in [3.63, 3.8) is 0 Å². The van der Waals surface area contributed by atoms with E-state index in [9.17, 15) is 4.79 Å². The number of hydrogen-bond donors (Lipinski definition) is 1. The predicted molar refractivity (Wildman–Crippen MR) is 106 cm³/mol. The van der Waals surface area contributed by atoms with E-state index in [2.05, 4.69) is 0 Å². The number of aromatic hydroxyl groups is 1. The first kappa shape index (κ1) is 22.7. The minimum absolute atomic E-state index is 0.0565. The molecule has 0 heterocycles. The smallest absolute Gasteiger partial charge is 0.305 e. The normalized spacial score (nSPS) is 9.88. The largest absolute Gasteiger partial charge is 0.506 e. The lowest BCUT2D eigenvalue weighted by Crippen LogP contribution is -2.06. The van der Waals surface area contributed by atoms with Gasteiger partial charge in [0.25, 0.3) is 0 Å². The van der Waals surface area contributed by atoms with Crippen molar-refractivity contribution in [3.8, 4) is 11.5 Å². The number of carbonyl (C=O) groups is 1. The van der Waals surface area contributed by atoms with Crippen molar-refractivity contribution in [2.75, 3.05) is 13.2 Å².